The van der Waals surface area contributed by atoms with E-state index in [1.54, 1.807) is 23.7 Å². The van der Waals surface area contributed by atoms with Crippen LogP contribution < -0.4 is 4.74 Å². The Hall–Kier alpha value is -2.31. The van der Waals surface area contributed by atoms with E-state index < -0.39 is 12.1 Å². The van der Waals surface area contributed by atoms with Gasteiger partial charge >= 0.3 is 12.1 Å². The Morgan fingerprint density at radius 2 is 2.00 bits per heavy atom. The number of rotatable bonds is 4. The van der Waals surface area contributed by atoms with Gasteiger partial charge in [0.15, 0.2) is 5.75 Å². The second kappa shape index (κ2) is 9.46. The summed E-state index contributed by atoms with van der Waals surface area (Å²) < 4.78 is 37.7. The number of ether oxygens (including phenoxy) is 1. The molecule has 4 rings (SSSR count). The van der Waals surface area contributed by atoms with Gasteiger partial charge in [0.25, 0.3) is 0 Å². The summed E-state index contributed by atoms with van der Waals surface area (Å²) >= 11 is 1.74. The largest absolute Gasteiger partial charge is 0.490 e. The number of thiazole rings is 1. The summed E-state index contributed by atoms with van der Waals surface area (Å²) in [6.07, 6.45) is 3.12. The number of carboxylic acid groups (broad SMARTS) is 1. The van der Waals surface area contributed by atoms with Crippen molar-refractivity contribution >= 4 is 17.3 Å². The fourth-order valence-corrected chi connectivity index (χ4v) is 4.01. The molecular weight excluding hydrogens is 411 g/mol. The normalized spacial score (nSPS) is 22.4. The van der Waals surface area contributed by atoms with Crippen molar-refractivity contribution in [1.29, 1.82) is 0 Å². The van der Waals surface area contributed by atoms with Gasteiger partial charge in [-0.3, -0.25) is 9.80 Å². The molecule has 0 spiro atoms. The number of aromatic nitrogens is 3. The molecule has 0 saturated carbocycles. The van der Waals surface area contributed by atoms with Crippen molar-refractivity contribution in [2.45, 2.75) is 31.3 Å². The highest BCUT2D eigenvalue weighted by Crippen LogP contribution is 2.26. The first-order valence-corrected chi connectivity index (χ1v) is 9.76. The number of halogens is 3. The molecule has 0 aliphatic carbocycles. The summed E-state index contributed by atoms with van der Waals surface area (Å²) in [5.41, 5.74) is 0. The van der Waals surface area contributed by atoms with Crippen molar-refractivity contribution in [3.8, 4) is 5.75 Å². The summed E-state index contributed by atoms with van der Waals surface area (Å²) in [7, 11) is 0. The maximum Gasteiger partial charge on any atom is 0.490 e. The molecule has 2 aliphatic rings. The summed E-state index contributed by atoms with van der Waals surface area (Å²) in [4.78, 5) is 26.4. The second-order valence-electron chi connectivity index (χ2n) is 6.66. The Morgan fingerprint density at radius 3 is 2.62 bits per heavy atom. The van der Waals surface area contributed by atoms with Crippen LogP contribution in [0.1, 0.15) is 11.4 Å². The van der Waals surface area contributed by atoms with E-state index in [2.05, 4.69) is 24.8 Å². The van der Waals surface area contributed by atoms with Gasteiger partial charge in [-0.15, -0.1) is 11.3 Å². The van der Waals surface area contributed by atoms with E-state index in [0.29, 0.717) is 6.04 Å². The summed E-state index contributed by atoms with van der Waals surface area (Å²) in [5, 5.41) is 10.4. The van der Waals surface area contributed by atoms with Crippen molar-refractivity contribution in [3.05, 3.63) is 35.3 Å². The van der Waals surface area contributed by atoms with Crippen molar-refractivity contribution in [3.63, 3.8) is 0 Å². The molecule has 2 saturated heterocycles. The molecule has 2 aromatic rings. The monoisotopic (exact) mass is 431 g/mol. The Labute approximate surface area is 169 Å². The molecule has 2 unspecified atom stereocenters. The van der Waals surface area contributed by atoms with Crippen molar-refractivity contribution in [2.75, 3.05) is 26.2 Å². The van der Waals surface area contributed by atoms with Crippen LogP contribution in [0.2, 0.25) is 0 Å². The first kappa shape index (κ1) is 21.4. The van der Waals surface area contributed by atoms with Gasteiger partial charge in [-0.25, -0.2) is 19.7 Å². The average Bonchev–Trinajstić information content (AvgIpc) is 3.31. The molecule has 4 heterocycles. The molecule has 0 amide bonds. The molecule has 29 heavy (non-hydrogen) atoms. The van der Waals surface area contributed by atoms with Crippen LogP contribution in [0.5, 0.6) is 5.75 Å². The van der Waals surface area contributed by atoms with Crippen LogP contribution in [-0.2, 0) is 11.3 Å². The lowest BCUT2D eigenvalue weighted by atomic mass is 10.1. The highest BCUT2D eigenvalue weighted by atomic mass is 32.1. The highest BCUT2D eigenvalue weighted by Gasteiger charge is 2.38. The predicted molar refractivity (Wildman–Crippen MR) is 97.5 cm³/mol. The minimum Gasteiger partial charge on any atom is -0.486 e. The van der Waals surface area contributed by atoms with E-state index in [-0.39, 0.29) is 6.10 Å². The van der Waals surface area contributed by atoms with Crippen molar-refractivity contribution < 1.29 is 27.8 Å². The van der Waals surface area contributed by atoms with Gasteiger partial charge in [-0.05, 0) is 0 Å². The van der Waals surface area contributed by atoms with E-state index in [0.717, 1.165) is 44.9 Å². The SMILES string of the molecule is O=C(O)C(F)(F)F.c1ncc(OC2CC3CN(Cc4nccs4)CCN3C2)cn1. The first-order chi connectivity index (χ1) is 13.8. The molecule has 2 atom stereocenters. The molecule has 8 nitrogen and oxygen atoms in total. The molecule has 2 aliphatic heterocycles. The number of fused-ring (bicyclic) bond motifs is 1. The summed E-state index contributed by atoms with van der Waals surface area (Å²) in [6.45, 7) is 5.30. The lowest BCUT2D eigenvalue weighted by Gasteiger charge is -2.36. The summed E-state index contributed by atoms with van der Waals surface area (Å²) in [5.74, 6) is -1.99. The molecule has 0 bridgehead atoms. The Kier molecular flexibility index (Phi) is 6.98. The van der Waals surface area contributed by atoms with Crippen molar-refractivity contribution in [2.24, 2.45) is 0 Å². The molecule has 0 radical (unpaired) electrons. The number of piperazine rings is 1. The van der Waals surface area contributed by atoms with Crippen LogP contribution in [0.3, 0.4) is 0 Å². The first-order valence-electron chi connectivity index (χ1n) is 8.88. The smallest absolute Gasteiger partial charge is 0.486 e. The van der Waals surface area contributed by atoms with E-state index in [9.17, 15) is 13.2 Å². The fraction of sp³-hybridized carbons (Fsp3) is 0.529. The highest BCUT2D eigenvalue weighted by molar-refractivity contribution is 7.09. The molecule has 0 aromatic carbocycles. The number of alkyl halides is 3. The third-order valence-electron chi connectivity index (χ3n) is 4.59. The van der Waals surface area contributed by atoms with Gasteiger partial charge in [-0.2, -0.15) is 13.2 Å². The Bertz CT molecular complexity index is 778. The average molecular weight is 431 g/mol. The van der Waals surface area contributed by atoms with E-state index in [4.69, 9.17) is 14.6 Å². The maximum absolute atomic E-state index is 10.6. The molecule has 2 fully saturated rings. The number of hydrogen-bond acceptors (Lipinski definition) is 8. The maximum atomic E-state index is 10.6. The van der Waals surface area contributed by atoms with E-state index in [1.807, 2.05) is 11.6 Å². The van der Waals surface area contributed by atoms with Gasteiger partial charge in [0.2, 0.25) is 0 Å². The molecular formula is C17H20F3N5O3S. The van der Waals surface area contributed by atoms with Crippen LogP contribution in [-0.4, -0.2) is 80.3 Å². The number of carbonyl (C=O) groups is 1. The molecule has 158 valence electrons. The molecule has 2 aromatic heterocycles. The van der Waals surface area contributed by atoms with Crippen LogP contribution in [0.15, 0.2) is 30.3 Å². The molecule has 1 N–H and O–H groups in total. The van der Waals surface area contributed by atoms with Crippen molar-refractivity contribution in [1.82, 2.24) is 24.8 Å². The Morgan fingerprint density at radius 1 is 1.28 bits per heavy atom. The second-order valence-corrected chi connectivity index (χ2v) is 7.64. The zero-order valence-electron chi connectivity index (χ0n) is 15.3. The fourth-order valence-electron chi connectivity index (χ4n) is 3.35. The lowest BCUT2D eigenvalue weighted by molar-refractivity contribution is -0.192. The van der Waals surface area contributed by atoms with E-state index >= 15 is 0 Å². The van der Waals surface area contributed by atoms with Gasteiger partial charge in [0.05, 0.1) is 18.9 Å². The minimum absolute atomic E-state index is 0.246. The van der Waals surface area contributed by atoms with Gasteiger partial charge in [-0.1, -0.05) is 0 Å². The number of carboxylic acids is 1. The Balaban J connectivity index is 0.000000298. The zero-order valence-corrected chi connectivity index (χ0v) is 16.1. The predicted octanol–water partition coefficient (Wildman–Crippen LogP) is 1.90. The van der Waals surface area contributed by atoms with E-state index in [1.165, 1.54) is 11.3 Å². The lowest BCUT2D eigenvalue weighted by Crippen LogP contribution is -2.49. The summed E-state index contributed by atoms with van der Waals surface area (Å²) in [6, 6.07) is 0.586. The molecule has 12 heteroatoms. The van der Waals surface area contributed by atoms with Crippen LogP contribution in [0.4, 0.5) is 13.2 Å². The van der Waals surface area contributed by atoms with Crippen LogP contribution in [0, 0.1) is 0 Å². The van der Waals surface area contributed by atoms with Gasteiger partial charge in [0, 0.05) is 50.2 Å². The van der Waals surface area contributed by atoms with Gasteiger partial charge in [0.1, 0.15) is 17.4 Å². The number of hydrogen-bond donors (Lipinski definition) is 1. The number of aliphatic carboxylic acids is 1. The zero-order chi connectivity index (χ0) is 20.9. The van der Waals surface area contributed by atoms with Crippen LogP contribution in [0.25, 0.3) is 0 Å². The van der Waals surface area contributed by atoms with Crippen LogP contribution >= 0.6 is 11.3 Å². The van der Waals surface area contributed by atoms with Gasteiger partial charge < -0.3 is 9.84 Å². The quantitative estimate of drug-likeness (QED) is 0.785. The third-order valence-corrected chi connectivity index (χ3v) is 5.35. The third kappa shape index (κ3) is 6.34. The number of nitrogens with zero attached hydrogens (tertiary/aromatic N) is 5. The standard InChI is InChI=1S/C15H19N5OS.C2HF3O2/c1-4-22-15(18-1)10-19-2-3-20-9-13(5-12(20)8-19)21-14-6-16-11-17-7-14;3-2(4,5)1(6)7/h1,4,6-7,11-13H,2-3,5,8-10H2;(H,6,7). The topological polar surface area (TPSA) is 91.7 Å². The minimum atomic E-state index is -5.08.